The fourth-order valence-electron chi connectivity index (χ4n) is 4.10. The first-order valence-electron chi connectivity index (χ1n) is 13.2. The van der Waals surface area contributed by atoms with Crippen molar-refractivity contribution in [1.82, 2.24) is 10.2 Å². The first-order valence-corrected chi connectivity index (χ1v) is 15.0. The van der Waals surface area contributed by atoms with Gasteiger partial charge in [-0.1, -0.05) is 37.1 Å². The molecule has 3 aromatic carbocycles. The van der Waals surface area contributed by atoms with Crippen molar-refractivity contribution in [2.75, 3.05) is 31.6 Å². The van der Waals surface area contributed by atoms with Gasteiger partial charge in [0.25, 0.3) is 10.0 Å². The molecule has 0 radical (unpaired) electrons. The molecule has 0 spiro atoms. The highest BCUT2D eigenvalue weighted by Gasteiger charge is 2.32. The largest absolute Gasteiger partial charge is 0.497 e. The molecule has 3 rings (SSSR count). The molecule has 11 heteroatoms. The first-order chi connectivity index (χ1) is 19.6. The van der Waals surface area contributed by atoms with Crippen LogP contribution in [-0.4, -0.2) is 58.5 Å². The van der Waals surface area contributed by atoms with Gasteiger partial charge in [-0.25, -0.2) is 8.42 Å². The van der Waals surface area contributed by atoms with Gasteiger partial charge in [0.1, 0.15) is 24.1 Å². The lowest BCUT2D eigenvalue weighted by Crippen LogP contribution is -2.51. The molecular weight excluding hydrogens is 566 g/mol. The number of amides is 2. The van der Waals surface area contributed by atoms with Crippen molar-refractivity contribution in [3.63, 3.8) is 0 Å². The van der Waals surface area contributed by atoms with Crippen LogP contribution in [0.3, 0.4) is 0 Å². The van der Waals surface area contributed by atoms with Crippen LogP contribution in [0.15, 0.2) is 77.7 Å². The van der Waals surface area contributed by atoms with Crippen LogP contribution >= 0.6 is 11.6 Å². The lowest BCUT2D eigenvalue weighted by Gasteiger charge is -2.32. The number of hydrogen-bond donors (Lipinski definition) is 1. The Kier molecular flexibility index (Phi) is 11.4. The second kappa shape index (κ2) is 14.7. The van der Waals surface area contributed by atoms with Gasteiger partial charge < -0.3 is 19.7 Å². The molecule has 41 heavy (non-hydrogen) atoms. The highest BCUT2D eigenvalue weighted by molar-refractivity contribution is 7.92. The zero-order valence-electron chi connectivity index (χ0n) is 23.7. The minimum atomic E-state index is -4.20. The second-order valence-electron chi connectivity index (χ2n) is 9.36. The molecule has 0 fully saturated rings. The predicted molar refractivity (Wildman–Crippen MR) is 160 cm³/mol. The van der Waals surface area contributed by atoms with Crippen LogP contribution in [-0.2, 0) is 26.2 Å². The van der Waals surface area contributed by atoms with Crippen molar-refractivity contribution in [2.24, 2.45) is 0 Å². The Hall–Kier alpha value is -3.76. The van der Waals surface area contributed by atoms with E-state index in [0.29, 0.717) is 23.1 Å². The number of hydrogen-bond acceptors (Lipinski definition) is 6. The molecule has 0 saturated carbocycles. The maximum atomic E-state index is 14.0. The van der Waals surface area contributed by atoms with Gasteiger partial charge in [-0.15, -0.1) is 0 Å². The Balaban J connectivity index is 2.00. The predicted octanol–water partition coefficient (Wildman–Crippen LogP) is 4.89. The fraction of sp³-hybridized carbons (Fsp3) is 0.333. The molecule has 0 aliphatic heterocycles. The molecule has 9 nitrogen and oxygen atoms in total. The Morgan fingerprint density at radius 3 is 2.22 bits per heavy atom. The van der Waals surface area contributed by atoms with E-state index in [2.05, 4.69) is 5.32 Å². The number of nitrogens with one attached hydrogen (secondary N) is 1. The molecule has 1 N–H and O–H groups in total. The Bertz CT molecular complexity index is 1410. The zero-order valence-corrected chi connectivity index (χ0v) is 25.2. The number of halogens is 1. The average Bonchev–Trinajstić information content (AvgIpc) is 2.98. The molecular formula is C30H36ClN3O6S. The lowest BCUT2D eigenvalue weighted by molar-refractivity contribution is -0.139. The summed E-state index contributed by atoms with van der Waals surface area (Å²) >= 11 is 6.07. The Morgan fingerprint density at radius 1 is 0.951 bits per heavy atom. The van der Waals surface area contributed by atoms with E-state index in [4.69, 9.17) is 21.1 Å². The summed E-state index contributed by atoms with van der Waals surface area (Å²) in [6.45, 7) is 3.64. The SMILES string of the molecule is CCCCNC(=O)[C@H](C)N(Cc1cccc(OC)c1)C(=O)CN(c1ccc(Cl)cc1)S(=O)(=O)c1ccc(OC)cc1. The van der Waals surface area contributed by atoms with E-state index < -0.39 is 28.5 Å². The first kappa shape index (κ1) is 31.8. The highest BCUT2D eigenvalue weighted by atomic mass is 35.5. The summed E-state index contributed by atoms with van der Waals surface area (Å²) in [6, 6.07) is 18.3. The van der Waals surface area contributed by atoms with E-state index in [1.165, 1.54) is 48.4 Å². The van der Waals surface area contributed by atoms with Crippen LogP contribution < -0.4 is 19.1 Å². The summed E-state index contributed by atoms with van der Waals surface area (Å²) in [5.41, 5.74) is 0.974. The number of unbranched alkanes of at least 4 members (excludes halogenated alkanes) is 1. The molecule has 3 aromatic rings. The number of rotatable bonds is 14. The quantitative estimate of drug-likeness (QED) is 0.264. The van der Waals surface area contributed by atoms with Gasteiger partial charge >= 0.3 is 0 Å². The molecule has 2 amide bonds. The molecule has 0 aliphatic carbocycles. The number of nitrogens with zero attached hydrogens (tertiary/aromatic N) is 2. The molecule has 0 saturated heterocycles. The number of carbonyl (C=O) groups excluding carboxylic acids is 2. The van der Waals surface area contributed by atoms with E-state index in [1.54, 1.807) is 44.4 Å². The summed E-state index contributed by atoms with van der Waals surface area (Å²) in [6.07, 6.45) is 1.70. The van der Waals surface area contributed by atoms with E-state index >= 15 is 0 Å². The van der Waals surface area contributed by atoms with Crippen LogP contribution in [0.2, 0.25) is 5.02 Å². The smallest absolute Gasteiger partial charge is 0.264 e. The van der Waals surface area contributed by atoms with Gasteiger partial charge in [0.15, 0.2) is 0 Å². The van der Waals surface area contributed by atoms with Gasteiger partial charge in [-0.3, -0.25) is 13.9 Å². The second-order valence-corrected chi connectivity index (χ2v) is 11.7. The normalized spacial score (nSPS) is 11.8. The standard InChI is InChI=1S/C30H36ClN3O6S/c1-5-6-18-32-30(36)22(2)33(20-23-8-7-9-27(19-23)40-4)29(35)21-34(25-12-10-24(31)11-13-25)41(37,38)28-16-14-26(39-3)15-17-28/h7-17,19,22H,5-6,18,20-21H2,1-4H3,(H,32,36)/t22-/m0/s1. The van der Waals surface area contributed by atoms with Crippen LogP contribution in [0.4, 0.5) is 5.69 Å². The number of anilines is 1. The summed E-state index contributed by atoms with van der Waals surface area (Å²) < 4.78 is 39.3. The molecule has 0 bridgehead atoms. The maximum absolute atomic E-state index is 14.0. The highest BCUT2D eigenvalue weighted by Crippen LogP contribution is 2.27. The molecule has 220 valence electrons. The van der Waals surface area contributed by atoms with E-state index in [0.717, 1.165) is 22.7 Å². The van der Waals surface area contributed by atoms with Gasteiger partial charge in [-0.2, -0.15) is 0 Å². The molecule has 0 heterocycles. The summed E-state index contributed by atoms with van der Waals surface area (Å²) in [7, 11) is -1.17. The van der Waals surface area contributed by atoms with E-state index in [9.17, 15) is 18.0 Å². The van der Waals surface area contributed by atoms with Crippen molar-refractivity contribution < 1.29 is 27.5 Å². The molecule has 1 atom stereocenters. The van der Waals surface area contributed by atoms with Crippen LogP contribution in [0.5, 0.6) is 11.5 Å². The number of methoxy groups -OCH3 is 2. The van der Waals surface area contributed by atoms with E-state index in [1.807, 2.05) is 13.0 Å². The third-order valence-corrected chi connectivity index (χ3v) is 8.56. The van der Waals surface area contributed by atoms with Crippen LogP contribution in [0.25, 0.3) is 0 Å². The zero-order chi connectivity index (χ0) is 30.0. The van der Waals surface area contributed by atoms with Crippen LogP contribution in [0.1, 0.15) is 32.3 Å². The molecule has 0 aromatic heterocycles. The average molecular weight is 602 g/mol. The Morgan fingerprint density at radius 2 is 1.61 bits per heavy atom. The van der Waals surface area contributed by atoms with Crippen molar-refractivity contribution in [1.29, 1.82) is 0 Å². The van der Waals surface area contributed by atoms with Crippen LogP contribution in [0, 0.1) is 0 Å². The minimum Gasteiger partial charge on any atom is -0.497 e. The number of benzene rings is 3. The number of carbonyl (C=O) groups is 2. The minimum absolute atomic E-state index is 0.0225. The van der Waals surface area contributed by atoms with Gasteiger partial charge in [0.05, 0.1) is 24.8 Å². The number of ether oxygens (including phenoxy) is 2. The van der Waals surface area contributed by atoms with Crippen molar-refractivity contribution in [3.8, 4) is 11.5 Å². The molecule has 0 aliphatic rings. The topological polar surface area (TPSA) is 105 Å². The van der Waals surface area contributed by atoms with Crippen molar-refractivity contribution in [3.05, 3.63) is 83.4 Å². The maximum Gasteiger partial charge on any atom is 0.264 e. The van der Waals surface area contributed by atoms with Gasteiger partial charge in [0, 0.05) is 18.1 Å². The summed E-state index contributed by atoms with van der Waals surface area (Å²) in [5.74, 6) is 0.203. The summed E-state index contributed by atoms with van der Waals surface area (Å²) in [4.78, 5) is 28.4. The monoisotopic (exact) mass is 601 g/mol. The molecule has 0 unspecified atom stereocenters. The van der Waals surface area contributed by atoms with Gasteiger partial charge in [0.2, 0.25) is 11.8 Å². The van der Waals surface area contributed by atoms with E-state index in [-0.39, 0.29) is 23.0 Å². The van der Waals surface area contributed by atoms with Gasteiger partial charge in [-0.05, 0) is 79.6 Å². The third kappa shape index (κ3) is 8.37. The summed E-state index contributed by atoms with van der Waals surface area (Å²) in [5, 5.41) is 3.28. The number of sulfonamides is 1. The Labute approximate surface area is 247 Å². The van der Waals surface area contributed by atoms with Crippen molar-refractivity contribution in [2.45, 2.75) is 44.2 Å². The van der Waals surface area contributed by atoms with Crippen molar-refractivity contribution >= 4 is 39.1 Å². The third-order valence-electron chi connectivity index (χ3n) is 6.52. The lowest BCUT2D eigenvalue weighted by atomic mass is 10.1. The fourth-order valence-corrected chi connectivity index (χ4v) is 5.64.